The third-order valence-corrected chi connectivity index (χ3v) is 4.21. The maximum absolute atomic E-state index is 11.7. The van der Waals surface area contributed by atoms with Gasteiger partial charge in [0, 0.05) is 44.7 Å². The molecular weight excluding hydrogens is 416 g/mol. The number of methoxy groups -OCH3 is 1. The van der Waals surface area contributed by atoms with Crippen LogP contribution in [0.25, 0.3) is 11.5 Å². The van der Waals surface area contributed by atoms with Crippen LogP contribution in [0.15, 0.2) is 45.6 Å². The number of carbonyl (C=O) groups is 1. The third-order valence-electron chi connectivity index (χ3n) is 4.21. The lowest BCUT2D eigenvalue weighted by Crippen LogP contribution is -2.13. The first-order valence-corrected chi connectivity index (χ1v) is 9.38. The molecular formula is C20H22N8O4. The lowest BCUT2D eigenvalue weighted by molar-refractivity contribution is 0.0697. The molecule has 0 amide bonds. The van der Waals surface area contributed by atoms with Gasteiger partial charge in [0.2, 0.25) is 11.8 Å². The number of para-hydroxylation sites is 1. The van der Waals surface area contributed by atoms with Crippen LogP contribution in [0.5, 0.6) is 5.75 Å². The molecule has 2 heterocycles. The van der Waals surface area contributed by atoms with Crippen LogP contribution in [-0.2, 0) is 0 Å². The van der Waals surface area contributed by atoms with E-state index in [0.29, 0.717) is 35.0 Å². The standard InChI is InChI=1S/C20H22N8O4/c1-11-27-28-18(32-11)13-5-4-6-15(16(13)31-3)25-17-14(19(29)30)10-24-20(26-17)23-9-12(7-21)8-22-2/h4-8,10H,9,21H2,1-3H3,(H,29,30)(H2,23,24,25,26). The van der Waals surface area contributed by atoms with E-state index in [1.54, 1.807) is 38.4 Å². The predicted molar refractivity (Wildman–Crippen MR) is 118 cm³/mol. The monoisotopic (exact) mass is 438 g/mol. The Kier molecular flexibility index (Phi) is 6.95. The Morgan fingerprint density at radius 1 is 1.38 bits per heavy atom. The van der Waals surface area contributed by atoms with Crippen molar-refractivity contribution in [2.24, 2.45) is 10.7 Å². The van der Waals surface area contributed by atoms with Crippen LogP contribution < -0.4 is 21.1 Å². The Morgan fingerprint density at radius 2 is 2.19 bits per heavy atom. The molecule has 0 saturated heterocycles. The zero-order chi connectivity index (χ0) is 23.1. The van der Waals surface area contributed by atoms with Crippen molar-refractivity contribution in [3.63, 3.8) is 0 Å². The number of nitrogens with one attached hydrogen (secondary N) is 2. The van der Waals surface area contributed by atoms with Gasteiger partial charge in [0.25, 0.3) is 5.89 Å². The van der Waals surface area contributed by atoms with Gasteiger partial charge in [-0.3, -0.25) is 4.99 Å². The van der Waals surface area contributed by atoms with Gasteiger partial charge in [-0.2, -0.15) is 4.98 Å². The maximum Gasteiger partial charge on any atom is 0.341 e. The second kappa shape index (κ2) is 10.0. The molecule has 0 spiro atoms. The van der Waals surface area contributed by atoms with Crippen molar-refractivity contribution in [3.05, 3.63) is 47.6 Å². The summed E-state index contributed by atoms with van der Waals surface area (Å²) in [6, 6.07) is 5.19. The molecule has 3 aromatic rings. The van der Waals surface area contributed by atoms with E-state index >= 15 is 0 Å². The molecule has 5 N–H and O–H groups in total. The van der Waals surface area contributed by atoms with E-state index in [4.69, 9.17) is 14.9 Å². The number of ether oxygens (including phenoxy) is 1. The molecule has 0 saturated carbocycles. The Bertz CT molecular complexity index is 1170. The van der Waals surface area contributed by atoms with Gasteiger partial charge in [-0.05, 0) is 12.1 Å². The smallest absolute Gasteiger partial charge is 0.341 e. The Morgan fingerprint density at radius 3 is 2.81 bits per heavy atom. The normalized spacial score (nSPS) is 11.5. The average Bonchev–Trinajstić information content (AvgIpc) is 3.22. The number of nitrogens with zero attached hydrogens (tertiary/aromatic N) is 5. The molecule has 0 aliphatic rings. The molecule has 0 aliphatic carbocycles. The molecule has 0 bridgehead atoms. The van der Waals surface area contributed by atoms with Crippen LogP contribution in [0.1, 0.15) is 16.2 Å². The summed E-state index contributed by atoms with van der Waals surface area (Å²) in [7, 11) is 3.11. The first kappa shape index (κ1) is 22.2. The van der Waals surface area contributed by atoms with Crippen molar-refractivity contribution in [3.8, 4) is 17.2 Å². The highest BCUT2D eigenvalue weighted by Gasteiger charge is 2.19. The first-order chi connectivity index (χ1) is 15.5. The Hall–Kier alpha value is -4.48. The van der Waals surface area contributed by atoms with Crippen molar-refractivity contribution >= 4 is 29.6 Å². The van der Waals surface area contributed by atoms with Gasteiger partial charge in [-0.1, -0.05) is 6.07 Å². The molecule has 0 atom stereocenters. The number of hydrogen-bond donors (Lipinski definition) is 4. The van der Waals surface area contributed by atoms with Gasteiger partial charge in [0.15, 0.2) is 11.6 Å². The van der Waals surface area contributed by atoms with E-state index in [9.17, 15) is 9.90 Å². The number of aliphatic imine (C=N–C) groups is 1. The van der Waals surface area contributed by atoms with Crippen LogP contribution in [0.4, 0.5) is 17.5 Å². The SMILES string of the molecule is CN=CC(=CN)CNc1ncc(C(=O)O)c(Nc2cccc(-c3nnc(C)o3)c2OC)n1. The quantitative estimate of drug-likeness (QED) is 0.361. The number of aromatic nitrogens is 4. The summed E-state index contributed by atoms with van der Waals surface area (Å²) in [5.41, 5.74) is 7.13. The second-order valence-electron chi connectivity index (χ2n) is 6.38. The molecule has 0 aliphatic heterocycles. The number of carboxylic acid groups (broad SMARTS) is 1. The minimum Gasteiger partial charge on any atom is -0.494 e. The molecule has 166 valence electrons. The topological polar surface area (TPSA) is 174 Å². The van der Waals surface area contributed by atoms with Gasteiger partial charge >= 0.3 is 5.97 Å². The zero-order valence-corrected chi connectivity index (χ0v) is 17.7. The Balaban J connectivity index is 1.96. The fourth-order valence-electron chi connectivity index (χ4n) is 2.77. The van der Waals surface area contributed by atoms with Crippen LogP contribution >= 0.6 is 0 Å². The van der Waals surface area contributed by atoms with Gasteiger partial charge in [0.1, 0.15) is 5.56 Å². The first-order valence-electron chi connectivity index (χ1n) is 9.38. The van der Waals surface area contributed by atoms with Crippen molar-refractivity contribution in [1.29, 1.82) is 0 Å². The number of hydrogen-bond acceptors (Lipinski definition) is 11. The number of aromatic carboxylic acids is 1. The number of benzene rings is 1. The van der Waals surface area contributed by atoms with Crippen LogP contribution in [0.2, 0.25) is 0 Å². The van der Waals surface area contributed by atoms with Gasteiger partial charge in [-0.15, -0.1) is 10.2 Å². The van der Waals surface area contributed by atoms with E-state index in [-0.39, 0.29) is 23.2 Å². The van der Waals surface area contributed by atoms with Crippen LogP contribution in [-0.4, -0.2) is 58.2 Å². The molecule has 12 nitrogen and oxygen atoms in total. The summed E-state index contributed by atoms with van der Waals surface area (Å²) in [6.45, 7) is 1.98. The second-order valence-corrected chi connectivity index (χ2v) is 6.38. The largest absolute Gasteiger partial charge is 0.494 e. The highest BCUT2D eigenvalue weighted by Crippen LogP contribution is 2.37. The van der Waals surface area contributed by atoms with Crippen molar-refractivity contribution in [1.82, 2.24) is 20.2 Å². The van der Waals surface area contributed by atoms with E-state index in [0.717, 1.165) is 0 Å². The highest BCUT2D eigenvalue weighted by atomic mass is 16.5. The summed E-state index contributed by atoms with van der Waals surface area (Å²) >= 11 is 0. The maximum atomic E-state index is 11.7. The van der Waals surface area contributed by atoms with E-state index in [2.05, 4.69) is 35.8 Å². The van der Waals surface area contributed by atoms with E-state index < -0.39 is 5.97 Å². The van der Waals surface area contributed by atoms with Crippen molar-refractivity contribution in [2.45, 2.75) is 6.92 Å². The molecule has 0 fully saturated rings. The molecule has 0 unspecified atom stereocenters. The Labute approximate surface area is 183 Å². The lowest BCUT2D eigenvalue weighted by Gasteiger charge is -2.15. The van der Waals surface area contributed by atoms with Crippen LogP contribution in [0.3, 0.4) is 0 Å². The highest BCUT2D eigenvalue weighted by molar-refractivity contribution is 5.94. The minimum atomic E-state index is -1.19. The molecule has 32 heavy (non-hydrogen) atoms. The summed E-state index contributed by atoms with van der Waals surface area (Å²) in [5, 5.41) is 23.4. The van der Waals surface area contributed by atoms with Crippen LogP contribution in [0, 0.1) is 6.92 Å². The summed E-state index contributed by atoms with van der Waals surface area (Å²) in [6.07, 6.45) is 4.20. The number of aryl methyl sites for hydroxylation is 1. The van der Waals surface area contributed by atoms with E-state index in [1.807, 2.05) is 0 Å². The minimum absolute atomic E-state index is 0.0644. The average molecular weight is 438 g/mol. The summed E-state index contributed by atoms with van der Waals surface area (Å²) < 4.78 is 11.0. The third kappa shape index (κ3) is 4.98. The molecule has 2 aromatic heterocycles. The number of nitrogens with two attached hydrogens (primary N) is 1. The molecule has 12 heteroatoms. The van der Waals surface area contributed by atoms with Crippen molar-refractivity contribution < 1.29 is 19.1 Å². The number of rotatable bonds is 9. The van der Waals surface area contributed by atoms with Crippen molar-refractivity contribution in [2.75, 3.05) is 31.3 Å². The van der Waals surface area contributed by atoms with Gasteiger partial charge in [0.05, 0.1) is 18.4 Å². The number of carboxylic acids is 1. The summed E-state index contributed by atoms with van der Waals surface area (Å²) in [4.78, 5) is 24.0. The summed E-state index contributed by atoms with van der Waals surface area (Å²) in [5.74, 6) is 0.123. The fraction of sp³-hybridized carbons (Fsp3) is 0.200. The van der Waals surface area contributed by atoms with E-state index in [1.165, 1.54) is 19.5 Å². The van der Waals surface area contributed by atoms with Gasteiger partial charge in [-0.25, -0.2) is 9.78 Å². The van der Waals surface area contributed by atoms with Gasteiger partial charge < -0.3 is 30.6 Å². The fourth-order valence-corrected chi connectivity index (χ4v) is 2.77. The lowest BCUT2D eigenvalue weighted by atomic mass is 10.1. The molecule has 3 rings (SSSR count). The number of anilines is 3. The zero-order valence-electron chi connectivity index (χ0n) is 17.7. The molecule has 0 radical (unpaired) electrons. The molecule has 1 aromatic carbocycles. The predicted octanol–water partition coefficient (Wildman–Crippen LogP) is 2.24.